The van der Waals surface area contributed by atoms with Gasteiger partial charge in [0.25, 0.3) is 0 Å². The van der Waals surface area contributed by atoms with Crippen LogP contribution < -0.4 is 54.8 Å². The molecule has 3 aromatic carbocycles. The van der Waals surface area contributed by atoms with Crippen LogP contribution in [-0.2, 0) is 52.8 Å². The second-order valence-electron chi connectivity index (χ2n) is 13.4. The van der Waals surface area contributed by atoms with E-state index in [2.05, 4.69) is 36.9 Å². The molecule has 0 bridgehead atoms. The van der Waals surface area contributed by atoms with Gasteiger partial charge in [-0.3, -0.25) is 38.6 Å². The summed E-state index contributed by atoms with van der Waals surface area (Å²) in [5.74, 6) is -5.62. The van der Waals surface area contributed by atoms with E-state index < -0.39 is 84.7 Å². The van der Waals surface area contributed by atoms with Crippen molar-refractivity contribution in [1.82, 2.24) is 31.9 Å². The Morgan fingerprint density at radius 1 is 0.542 bits per heavy atom. The van der Waals surface area contributed by atoms with Gasteiger partial charge in [-0.05, 0) is 29.5 Å². The average molecular weight is 816 g/mol. The molecule has 0 fully saturated rings. The number of amides is 7. The van der Waals surface area contributed by atoms with Gasteiger partial charge in [0.15, 0.2) is 5.96 Å². The molecule has 0 radical (unpaired) electrons. The van der Waals surface area contributed by atoms with E-state index in [0.29, 0.717) is 11.1 Å². The van der Waals surface area contributed by atoms with Crippen molar-refractivity contribution < 1.29 is 38.7 Å². The van der Waals surface area contributed by atoms with Crippen molar-refractivity contribution in [1.29, 1.82) is 0 Å². The van der Waals surface area contributed by atoms with Gasteiger partial charge in [0.05, 0.1) is 19.7 Å². The van der Waals surface area contributed by atoms with Gasteiger partial charge in [-0.1, -0.05) is 91.0 Å². The molecule has 316 valence electrons. The van der Waals surface area contributed by atoms with E-state index >= 15 is 0 Å². The van der Waals surface area contributed by atoms with Crippen LogP contribution >= 0.6 is 0 Å². The van der Waals surface area contributed by atoms with Crippen molar-refractivity contribution >= 4 is 47.3 Å². The summed E-state index contributed by atoms with van der Waals surface area (Å²) in [4.78, 5) is 95.7. The summed E-state index contributed by atoms with van der Waals surface area (Å²) in [6, 6.07) is 19.6. The molecule has 0 unspecified atom stereocenters. The molecule has 0 aliphatic rings. The van der Waals surface area contributed by atoms with E-state index in [0.717, 1.165) is 5.56 Å². The molecule has 0 aliphatic carbocycles. The Bertz CT molecular complexity index is 1880. The number of aliphatic imine (C=N–C) groups is 1. The van der Waals surface area contributed by atoms with Crippen LogP contribution in [0, 0.1) is 0 Å². The van der Waals surface area contributed by atoms with E-state index in [4.69, 9.17) is 22.9 Å². The fourth-order valence-electron chi connectivity index (χ4n) is 5.74. The molecule has 0 saturated carbocycles. The largest absolute Gasteiger partial charge is 0.394 e. The van der Waals surface area contributed by atoms with Gasteiger partial charge in [0.1, 0.15) is 30.2 Å². The maximum atomic E-state index is 14.0. The molecule has 19 heteroatoms. The molecule has 7 amide bonds. The smallest absolute Gasteiger partial charge is 0.245 e. The predicted octanol–water partition coefficient (Wildman–Crippen LogP) is -3.26. The first-order valence-electron chi connectivity index (χ1n) is 18.8. The van der Waals surface area contributed by atoms with Crippen molar-refractivity contribution in [2.75, 3.05) is 26.2 Å². The molecule has 19 nitrogen and oxygen atoms in total. The Labute approximate surface area is 341 Å². The molecule has 59 heavy (non-hydrogen) atoms. The topological polar surface area (TPSA) is 328 Å². The minimum absolute atomic E-state index is 0.0108. The third-order valence-electron chi connectivity index (χ3n) is 8.82. The maximum absolute atomic E-state index is 14.0. The summed E-state index contributed by atoms with van der Waals surface area (Å²) in [6.07, 6.45) is 0.225. The average Bonchev–Trinajstić information content (AvgIpc) is 3.22. The molecular weight excluding hydrogens is 763 g/mol. The Balaban J connectivity index is 1.83. The lowest BCUT2D eigenvalue weighted by molar-refractivity contribution is -0.135. The van der Waals surface area contributed by atoms with Crippen LogP contribution in [-0.4, -0.2) is 109 Å². The molecule has 3 rings (SSSR count). The van der Waals surface area contributed by atoms with Gasteiger partial charge in [-0.15, -0.1) is 0 Å². The van der Waals surface area contributed by atoms with E-state index in [1.54, 1.807) is 91.0 Å². The SMILES string of the molecule is NCC(=O)NCC(=O)N[C@@H](Cc1ccccc1)C(=O)N[C@H](CO)C(=O)N[C@@H](Cc1ccccc1)C(=O)N[C@@H](CCCN=C(N)N)C(=O)N[C@@H](Cc1ccccc1)C(N)=O. The minimum Gasteiger partial charge on any atom is -0.394 e. The van der Waals surface area contributed by atoms with Crippen LogP contribution in [0.5, 0.6) is 0 Å². The zero-order valence-corrected chi connectivity index (χ0v) is 32.5. The number of carbonyl (C=O) groups is 7. The third-order valence-corrected chi connectivity index (χ3v) is 8.82. The fourth-order valence-corrected chi connectivity index (χ4v) is 5.74. The Kier molecular flexibility index (Phi) is 19.5. The number of primary amides is 1. The van der Waals surface area contributed by atoms with Crippen LogP contribution in [0.25, 0.3) is 0 Å². The lowest BCUT2D eigenvalue weighted by atomic mass is 10.0. The number of nitrogens with zero attached hydrogens (tertiary/aromatic N) is 1. The van der Waals surface area contributed by atoms with E-state index in [9.17, 15) is 38.7 Å². The van der Waals surface area contributed by atoms with Crippen molar-refractivity contribution in [2.45, 2.75) is 62.3 Å². The van der Waals surface area contributed by atoms with Gasteiger partial charge in [0, 0.05) is 25.8 Å². The fraction of sp³-hybridized carbons (Fsp3) is 0.350. The van der Waals surface area contributed by atoms with Crippen LogP contribution in [0.1, 0.15) is 29.5 Å². The molecule has 0 spiro atoms. The highest BCUT2D eigenvalue weighted by Crippen LogP contribution is 2.09. The molecule has 0 aliphatic heterocycles. The summed E-state index contributed by atoms with van der Waals surface area (Å²) in [7, 11) is 0. The Morgan fingerprint density at radius 2 is 0.949 bits per heavy atom. The summed E-state index contributed by atoms with van der Waals surface area (Å²) in [6.45, 7) is -1.61. The highest BCUT2D eigenvalue weighted by atomic mass is 16.3. The Hall–Kier alpha value is -6.86. The predicted molar refractivity (Wildman–Crippen MR) is 218 cm³/mol. The van der Waals surface area contributed by atoms with Gasteiger partial charge >= 0.3 is 0 Å². The molecule has 0 aromatic heterocycles. The number of nitrogens with two attached hydrogens (primary N) is 4. The zero-order chi connectivity index (χ0) is 43.2. The number of hydrogen-bond donors (Lipinski definition) is 11. The number of aliphatic hydroxyl groups is 1. The molecule has 0 heterocycles. The first-order chi connectivity index (χ1) is 28.3. The standard InChI is InChI=1S/C40H53N11O8/c41-22-33(53)46-23-34(54)47-30(20-26-13-6-2-7-14-26)37(57)51-32(24-52)39(59)50-31(21-27-15-8-3-9-16-27)38(58)48-28(17-10-18-45-40(43)44)36(56)49-29(35(42)55)19-25-11-4-1-5-12-25/h1-9,11-16,28-32,52H,10,17-24,41H2,(H2,42,55)(H,46,53)(H,47,54)(H,48,58)(H,49,56)(H,50,59)(H,51,57)(H4,43,44,45)/t28-,29-,30-,31-,32+/m0/s1. The van der Waals surface area contributed by atoms with Crippen LogP contribution in [0.2, 0.25) is 0 Å². The van der Waals surface area contributed by atoms with Gasteiger partial charge in [-0.2, -0.15) is 0 Å². The number of nitrogens with one attached hydrogen (secondary N) is 6. The highest BCUT2D eigenvalue weighted by molar-refractivity contribution is 5.97. The van der Waals surface area contributed by atoms with E-state index in [1.807, 2.05) is 0 Å². The van der Waals surface area contributed by atoms with Crippen LogP contribution in [0.15, 0.2) is 96.0 Å². The molecule has 5 atom stereocenters. The number of carbonyl (C=O) groups excluding carboxylic acids is 7. The maximum Gasteiger partial charge on any atom is 0.245 e. The first-order valence-corrected chi connectivity index (χ1v) is 18.8. The number of guanidine groups is 1. The zero-order valence-electron chi connectivity index (χ0n) is 32.5. The lowest BCUT2D eigenvalue weighted by Crippen LogP contribution is -2.60. The number of aliphatic hydroxyl groups excluding tert-OH is 1. The number of benzene rings is 3. The summed E-state index contributed by atoms with van der Waals surface area (Å²) < 4.78 is 0. The summed E-state index contributed by atoms with van der Waals surface area (Å²) in [5, 5.41) is 25.4. The van der Waals surface area contributed by atoms with Gasteiger partial charge in [0.2, 0.25) is 41.4 Å². The second-order valence-corrected chi connectivity index (χ2v) is 13.4. The summed E-state index contributed by atoms with van der Waals surface area (Å²) >= 11 is 0. The quantitative estimate of drug-likeness (QED) is 0.0242. The number of rotatable bonds is 24. The highest BCUT2D eigenvalue weighted by Gasteiger charge is 2.32. The lowest BCUT2D eigenvalue weighted by Gasteiger charge is -2.27. The van der Waals surface area contributed by atoms with Crippen molar-refractivity contribution in [3.8, 4) is 0 Å². The van der Waals surface area contributed by atoms with E-state index in [1.165, 1.54) is 0 Å². The normalized spacial score (nSPS) is 13.2. The molecular formula is C40H53N11O8. The molecule has 15 N–H and O–H groups in total. The second kappa shape index (κ2) is 24.7. The van der Waals surface area contributed by atoms with Crippen molar-refractivity contribution in [3.05, 3.63) is 108 Å². The number of hydrogen-bond acceptors (Lipinski definition) is 10. The monoisotopic (exact) mass is 815 g/mol. The molecule has 3 aromatic rings. The van der Waals surface area contributed by atoms with Gasteiger partial charge < -0.3 is 59.9 Å². The third kappa shape index (κ3) is 17.0. The van der Waals surface area contributed by atoms with E-state index in [-0.39, 0.29) is 51.2 Å². The first kappa shape index (κ1) is 46.5. The van der Waals surface area contributed by atoms with Crippen LogP contribution in [0.3, 0.4) is 0 Å². The van der Waals surface area contributed by atoms with Crippen LogP contribution in [0.4, 0.5) is 0 Å². The minimum atomic E-state index is -1.60. The summed E-state index contributed by atoms with van der Waals surface area (Å²) in [5.41, 5.74) is 23.8. The Morgan fingerprint density at radius 3 is 1.41 bits per heavy atom. The van der Waals surface area contributed by atoms with Crippen molar-refractivity contribution in [2.24, 2.45) is 27.9 Å². The van der Waals surface area contributed by atoms with Gasteiger partial charge in [-0.25, -0.2) is 0 Å². The van der Waals surface area contributed by atoms with Crippen molar-refractivity contribution in [3.63, 3.8) is 0 Å². The molecule has 0 saturated heterocycles.